The van der Waals surface area contributed by atoms with E-state index in [9.17, 15) is 4.79 Å². The fourth-order valence-corrected chi connectivity index (χ4v) is 3.49. The number of nitrogens with zero attached hydrogens (tertiary/aromatic N) is 3. The van der Waals surface area contributed by atoms with Crippen LogP contribution >= 0.6 is 11.8 Å². The maximum atomic E-state index is 12.3. The molecule has 0 bridgehead atoms. The summed E-state index contributed by atoms with van der Waals surface area (Å²) in [7, 11) is 0. The van der Waals surface area contributed by atoms with E-state index in [4.69, 9.17) is 4.42 Å². The van der Waals surface area contributed by atoms with Gasteiger partial charge in [-0.1, -0.05) is 29.5 Å². The van der Waals surface area contributed by atoms with Crippen LogP contribution in [0.15, 0.2) is 33.9 Å². The maximum Gasteiger partial charge on any atom is 0.277 e. The second-order valence-corrected chi connectivity index (χ2v) is 6.89. The molecule has 2 aromatic rings. The molecule has 122 valence electrons. The second-order valence-electron chi connectivity index (χ2n) is 5.96. The van der Waals surface area contributed by atoms with Crippen LogP contribution in [0.5, 0.6) is 0 Å². The zero-order valence-electron chi connectivity index (χ0n) is 13.5. The summed E-state index contributed by atoms with van der Waals surface area (Å²) in [5, 5.41) is 8.55. The van der Waals surface area contributed by atoms with Crippen LogP contribution in [0.3, 0.4) is 0 Å². The van der Waals surface area contributed by atoms with Crippen LogP contribution in [0.2, 0.25) is 0 Å². The maximum absolute atomic E-state index is 12.3. The van der Waals surface area contributed by atoms with Gasteiger partial charge in [-0.05, 0) is 45.2 Å². The Balaban J connectivity index is 1.60. The van der Waals surface area contributed by atoms with Crippen LogP contribution in [0.4, 0.5) is 0 Å². The molecule has 1 unspecified atom stereocenters. The van der Waals surface area contributed by atoms with Gasteiger partial charge < -0.3 is 9.32 Å². The minimum absolute atomic E-state index is 0.150. The van der Waals surface area contributed by atoms with Crippen molar-refractivity contribution in [2.75, 3.05) is 12.3 Å². The van der Waals surface area contributed by atoms with Gasteiger partial charge in [0.1, 0.15) is 0 Å². The number of amides is 1. The Labute approximate surface area is 140 Å². The molecule has 0 aliphatic carbocycles. The lowest BCUT2D eigenvalue weighted by Crippen LogP contribution is -2.42. The molecular weight excluding hydrogens is 310 g/mol. The smallest absolute Gasteiger partial charge is 0.277 e. The summed E-state index contributed by atoms with van der Waals surface area (Å²) < 4.78 is 5.66. The highest BCUT2D eigenvalue weighted by molar-refractivity contribution is 7.99. The Morgan fingerprint density at radius 3 is 3.04 bits per heavy atom. The van der Waals surface area contributed by atoms with E-state index >= 15 is 0 Å². The lowest BCUT2D eigenvalue weighted by atomic mass is 10.0. The molecule has 2 heterocycles. The minimum Gasteiger partial charge on any atom is -0.411 e. The molecule has 0 N–H and O–H groups in total. The van der Waals surface area contributed by atoms with E-state index < -0.39 is 0 Å². The SMILES string of the molecule is Cc1cccc(-c2nnc(SCC(=O)N3CCCCC3C)o2)c1. The van der Waals surface area contributed by atoms with Gasteiger partial charge in [-0.2, -0.15) is 0 Å². The van der Waals surface area contributed by atoms with Crippen LogP contribution in [-0.4, -0.2) is 39.3 Å². The number of rotatable bonds is 4. The molecule has 1 amide bonds. The number of likely N-dealkylation sites (tertiary alicyclic amines) is 1. The van der Waals surface area contributed by atoms with Crippen molar-refractivity contribution in [2.24, 2.45) is 0 Å². The first kappa shape index (κ1) is 16.1. The quantitative estimate of drug-likeness (QED) is 0.802. The summed E-state index contributed by atoms with van der Waals surface area (Å²) in [6, 6.07) is 8.26. The third-order valence-corrected chi connectivity index (χ3v) is 4.92. The largest absolute Gasteiger partial charge is 0.411 e. The van der Waals surface area contributed by atoms with Gasteiger partial charge in [0.05, 0.1) is 5.75 Å². The summed E-state index contributed by atoms with van der Waals surface area (Å²) in [5.41, 5.74) is 2.05. The summed E-state index contributed by atoms with van der Waals surface area (Å²) in [6.45, 7) is 5.00. The molecule has 5 nitrogen and oxygen atoms in total. The van der Waals surface area contributed by atoms with E-state index in [1.54, 1.807) is 0 Å². The zero-order valence-corrected chi connectivity index (χ0v) is 14.3. The summed E-state index contributed by atoms with van der Waals surface area (Å²) in [6.07, 6.45) is 3.40. The van der Waals surface area contributed by atoms with Crippen LogP contribution in [0.1, 0.15) is 31.7 Å². The van der Waals surface area contributed by atoms with Crippen LogP contribution in [0.25, 0.3) is 11.5 Å². The van der Waals surface area contributed by atoms with Crippen molar-refractivity contribution < 1.29 is 9.21 Å². The molecule has 1 aliphatic heterocycles. The second kappa shape index (κ2) is 7.17. The Morgan fingerprint density at radius 2 is 2.26 bits per heavy atom. The molecule has 1 saturated heterocycles. The lowest BCUT2D eigenvalue weighted by molar-refractivity contribution is -0.131. The molecule has 3 rings (SSSR count). The van der Waals surface area contributed by atoms with Crippen molar-refractivity contribution >= 4 is 17.7 Å². The van der Waals surface area contributed by atoms with Gasteiger partial charge in [0.2, 0.25) is 11.8 Å². The number of hydrogen-bond donors (Lipinski definition) is 0. The van der Waals surface area contributed by atoms with E-state index in [0.717, 1.165) is 30.5 Å². The van der Waals surface area contributed by atoms with E-state index in [2.05, 4.69) is 17.1 Å². The molecule has 6 heteroatoms. The van der Waals surface area contributed by atoms with Crippen molar-refractivity contribution in [3.8, 4) is 11.5 Å². The van der Waals surface area contributed by atoms with Crippen molar-refractivity contribution in [3.63, 3.8) is 0 Å². The van der Waals surface area contributed by atoms with Crippen LogP contribution < -0.4 is 0 Å². The van der Waals surface area contributed by atoms with E-state index in [1.807, 2.05) is 36.1 Å². The summed E-state index contributed by atoms with van der Waals surface area (Å²) in [4.78, 5) is 14.3. The van der Waals surface area contributed by atoms with Gasteiger partial charge in [0, 0.05) is 18.2 Å². The monoisotopic (exact) mass is 331 g/mol. The third kappa shape index (κ3) is 3.93. The number of piperidine rings is 1. The normalized spacial score (nSPS) is 18.2. The molecule has 1 fully saturated rings. The Bertz CT molecular complexity index is 686. The first-order valence-corrected chi connectivity index (χ1v) is 8.95. The van der Waals surface area contributed by atoms with Gasteiger partial charge in [-0.15, -0.1) is 10.2 Å². The van der Waals surface area contributed by atoms with E-state index in [1.165, 1.54) is 18.2 Å². The summed E-state index contributed by atoms with van der Waals surface area (Å²) in [5.74, 6) is 0.993. The molecular formula is C17H21N3O2S. The molecule has 1 atom stereocenters. The Morgan fingerprint density at radius 1 is 1.39 bits per heavy atom. The van der Waals surface area contributed by atoms with Crippen LogP contribution in [0, 0.1) is 6.92 Å². The standard InChI is InChI=1S/C17H21N3O2S/c1-12-6-5-8-14(10-12)16-18-19-17(22-16)23-11-15(21)20-9-4-3-7-13(20)2/h5-6,8,10,13H,3-4,7,9,11H2,1-2H3. The molecule has 23 heavy (non-hydrogen) atoms. The first-order valence-electron chi connectivity index (χ1n) is 7.96. The predicted octanol–water partition coefficient (Wildman–Crippen LogP) is 3.54. The van der Waals surface area contributed by atoms with Crippen LogP contribution in [-0.2, 0) is 4.79 Å². The van der Waals surface area contributed by atoms with Gasteiger partial charge in [-0.25, -0.2) is 0 Å². The van der Waals surface area contributed by atoms with Gasteiger partial charge in [0.15, 0.2) is 0 Å². The fraction of sp³-hybridized carbons (Fsp3) is 0.471. The van der Waals surface area contributed by atoms with Gasteiger partial charge in [0.25, 0.3) is 5.22 Å². The average Bonchev–Trinajstić information content (AvgIpc) is 3.02. The number of benzene rings is 1. The molecule has 0 radical (unpaired) electrons. The number of hydrogen-bond acceptors (Lipinski definition) is 5. The van der Waals surface area contributed by atoms with Gasteiger partial charge in [-0.3, -0.25) is 4.79 Å². The Kier molecular flexibility index (Phi) is 5.00. The fourth-order valence-electron chi connectivity index (χ4n) is 2.84. The van der Waals surface area contributed by atoms with Crippen molar-refractivity contribution in [2.45, 2.75) is 44.4 Å². The topological polar surface area (TPSA) is 59.2 Å². The third-order valence-electron chi connectivity index (χ3n) is 4.11. The van der Waals surface area contributed by atoms with Crippen molar-refractivity contribution in [1.82, 2.24) is 15.1 Å². The average molecular weight is 331 g/mol. The minimum atomic E-state index is 0.150. The molecule has 1 aromatic heterocycles. The number of thioether (sulfide) groups is 1. The molecule has 1 aliphatic rings. The van der Waals surface area contributed by atoms with E-state index in [-0.39, 0.29) is 5.91 Å². The lowest BCUT2D eigenvalue weighted by Gasteiger charge is -2.33. The summed E-state index contributed by atoms with van der Waals surface area (Å²) >= 11 is 1.31. The first-order chi connectivity index (χ1) is 11.1. The highest BCUT2D eigenvalue weighted by Crippen LogP contribution is 2.25. The number of aryl methyl sites for hydroxylation is 1. The highest BCUT2D eigenvalue weighted by Gasteiger charge is 2.23. The highest BCUT2D eigenvalue weighted by atomic mass is 32.2. The molecule has 0 spiro atoms. The number of carbonyl (C=O) groups is 1. The molecule has 0 saturated carbocycles. The van der Waals surface area contributed by atoms with Gasteiger partial charge >= 0.3 is 0 Å². The Hall–Kier alpha value is -1.82. The predicted molar refractivity (Wildman–Crippen MR) is 90.2 cm³/mol. The van der Waals surface area contributed by atoms with E-state index in [0.29, 0.717) is 22.9 Å². The number of carbonyl (C=O) groups excluding carboxylic acids is 1. The number of aromatic nitrogens is 2. The zero-order chi connectivity index (χ0) is 16.2. The van der Waals surface area contributed by atoms with Crippen molar-refractivity contribution in [1.29, 1.82) is 0 Å². The molecule has 1 aromatic carbocycles. The van der Waals surface area contributed by atoms with Crippen molar-refractivity contribution in [3.05, 3.63) is 29.8 Å².